The summed E-state index contributed by atoms with van der Waals surface area (Å²) in [6.45, 7) is 3.70. The van der Waals surface area contributed by atoms with Crippen LogP contribution in [0.25, 0.3) is 0 Å². The minimum absolute atomic E-state index is 0.403. The van der Waals surface area contributed by atoms with Crippen molar-refractivity contribution in [1.29, 1.82) is 5.26 Å². The molecule has 0 saturated heterocycles. The second-order valence-electron chi connectivity index (χ2n) is 4.02. The summed E-state index contributed by atoms with van der Waals surface area (Å²) in [7, 11) is 0. The molecule has 2 rings (SSSR count). The Morgan fingerprint density at radius 3 is 2.78 bits per heavy atom. The third-order valence-electron chi connectivity index (χ3n) is 2.60. The van der Waals surface area contributed by atoms with Crippen molar-refractivity contribution in [3.05, 3.63) is 47.2 Å². The smallest absolute Gasteiger partial charge is 0.220 e. The Bertz CT molecular complexity index is 629. The lowest BCUT2D eigenvalue weighted by Crippen LogP contribution is -1.96. The first-order chi connectivity index (χ1) is 8.60. The second kappa shape index (κ2) is 4.76. The van der Waals surface area contributed by atoms with E-state index in [0.717, 1.165) is 11.3 Å². The van der Waals surface area contributed by atoms with Gasteiger partial charge in [0.15, 0.2) is 0 Å². The van der Waals surface area contributed by atoms with Gasteiger partial charge in [-0.2, -0.15) is 5.26 Å². The van der Waals surface area contributed by atoms with Crippen molar-refractivity contribution in [1.82, 2.24) is 4.98 Å². The zero-order chi connectivity index (χ0) is 13.1. The number of ether oxygens (including phenoxy) is 1. The third kappa shape index (κ3) is 2.41. The van der Waals surface area contributed by atoms with Crippen LogP contribution in [0.2, 0.25) is 0 Å². The number of rotatable bonds is 2. The van der Waals surface area contributed by atoms with Crippen molar-refractivity contribution in [3.63, 3.8) is 0 Å². The first-order valence-corrected chi connectivity index (χ1v) is 5.52. The van der Waals surface area contributed by atoms with Crippen LogP contribution in [0.3, 0.4) is 0 Å². The van der Waals surface area contributed by atoms with E-state index in [-0.39, 0.29) is 0 Å². The van der Waals surface area contributed by atoms with Gasteiger partial charge in [-0.05, 0) is 32.0 Å². The van der Waals surface area contributed by atoms with Crippen molar-refractivity contribution >= 4 is 5.69 Å². The zero-order valence-electron chi connectivity index (χ0n) is 10.3. The molecule has 0 bridgehead atoms. The number of benzene rings is 1. The topological polar surface area (TPSA) is 71.9 Å². The molecule has 1 aromatic heterocycles. The number of aromatic nitrogens is 1. The van der Waals surface area contributed by atoms with Gasteiger partial charge in [-0.15, -0.1) is 0 Å². The van der Waals surface area contributed by atoms with Gasteiger partial charge in [0.2, 0.25) is 5.88 Å². The average molecular weight is 239 g/mol. The van der Waals surface area contributed by atoms with Gasteiger partial charge in [0.25, 0.3) is 0 Å². The number of nitriles is 1. The normalized spacial score (nSPS) is 9.83. The van der Waals surface area contributed by atoms with Crippen LogP contribution in [0.1, 0.15) is 16.8 Å². The molecule has 18 heavy (non-hydrogen) atoms. The molecule has 2 N–H and O–H groups in total. The van der Waals surface area contributed by atoms with Gasteiger partial charge in [0.1, 0.15) is 5.75 Å². The van der Waals surface area contributed by atoms with E-state index in [0.29, 0.717) is 22.9 Å². The van der Waals surface area contributed by atoms with Crippen LogP contribution in [-0.4, -0.2) is 4.98 Å². The number of pyridine rings is 1. The van der Waals surface area contributed by atoms with Crippen LogP contribution in [0.4, 0.5) is 5.69 Å². The summed E-state index contributed by atoms with van der Waals surface area (Å²) in [6.07, 6.45) is 0. The molecule has 0 radical (unpaired) electrons. The van der Waals surface area contributed by atoms with Crippen LogP contribution in [0.5, 0.6) is 11.6 Å². The van der Waals surface area contributed by atoms with Gasteiger partial charge >= 0.3 is 0 Å². The van der Waals surface area contributed by atoms with E-state index in [1.165, 1.54) is 0 Å². The van der Waals surface area contributed by atoms with Crippen LogP contribution < -0.4 is 10.5 Å². The molecular weight excluding hydrogens is 226 g/mol. The van der Waals surface area contributed by atoms with Crippen molar-refractivity contribution in [2.75, 3.05) is 5.73 Å². The van der Waals surface area contributed by atoms with Gasteiger partial charge in [0, 0.05) is 23.0 Å². The molecule has 0 saturated carbocycles. The molecule has 90 valence electrons. The molecule has 1 heterocycles. The Labute approximate surface area is 106 Å². The SMILES string of the molecule is Cc1cc(C#N)cc(Oc2cccc(N)c2C)n1. The molecule has 0 spiro atoms. The molecule has 2 aromatic rings. The van der Waals surface area contributed by atoms with Crippen LogP contribution in [-0.2, 0) is 0 Å². The predicted octanol–water partition coefficient (Wildman–Crippen LogP) is 2.94. The number of aryl methyl sites for hydroxylation is 1. The molecule has 0 aliphatic carbocycles. The fourth-order valence-corrected chi connectivity index (χ4v) is 1.61. The average Bonchev–Trinajstić information content (AvgIpc) is 2.34. The summed E-state index contributed by atoms with van der Waals surface area (Å²) in [6, 6.07) is 10.8. The minimum Gasteiger partial charge on any atom is -0.439 e. The summed E-state index contributed by atoms with van der Waals surface area (Å²) in [5.41, 5.74) is 8.60. The Hall–Kier alpha value is -2.54. The molecular formula is C14H13N3O. The third-order valence-corrected chi connectivity index (χ3v) is 2.60. The summed E-state index contributed by atoms with van der Waals surface area (Å²) in [5.74, 6) is 1.05. The van der Waals surface area contributed by atoms with E-state index in [1.54, 1.807) is 12.1 Å². The van der Waals surface area contributed by atoms with Crippen LogP contribution in [0, 0.1) is 25.2 Å². The molecule has 0 amide bonds. The quantitative estimate of drug-likeness (QED) is 0.818. The maximum Gasteiger partial charge on any atom is 0.220 e. The summed E-state index contributed by atoms with van der Waals surface area (Å²) >= 11 is 0. The number of nitrogens with zero attached hydrogens (tertiary/aromatic N) is 2. The molecule has 4 heteroatoms. The van der Waals surface area contributed by atoms with Gasteiger partial charge in [-0.1, -0.05) is 6.07 Å². The van der Waals surface area contributed by atoms with Crippen LogP contribution >= 0.6 is 0 Å². The molecule has 0 aliphatic heterocycles. The molecule has 1 aromatic carbocycles. The first-order valence-electron chi connectivity index (χ1n) is 5.52. The number of hydrogen-bond acceptors (Lipinski definition) is 4. The molecule has 0 atom stereocenters. The summed E-state index contributed by atoms with van der Waals surface area (Å²) < 4.78 is 5.67. The number of nitrogen functional groups attached to an aromatic ring is 1. The Balaban J connectivity index is 2.37. The Morgan fingerprint density at radius 1 is 1.28 bits per heavy atom. The number of nitrogens with two attached hydrogens (primary N) is 1. The van der Waals surface area contributed by atoms with Crippen molar-refractivity contribution in [3.8, 4) is 17.7 Å². The van der Waals surface area contributed by atoms with E-state index in [9.17, 15) is 0 Å². The predicted molar refractivity (Wildman–Crippen MR) is 69.4 cm³/mol. The lowest BCUT2D eigenvalue weighted by Gasteiger charge is -2.10. The lowest BCUT2D eigenvalue weighted by atomic mass is 10.2. The second-order valence-corrected chi connectivity index (χ2v) is 4.02. The lowest BCUT2D eigenvalue weighted by molar-refractivity contribution is 0.458. The highest BCUT2D eigenvalue weighted by molar-refractivity contribution is 5.54. The van der Waals surface area contributed by atoms with E-state index in [1.807, 2.05) is 32.0 Å². The molecule has 4 nitrogen and oxygen atoms in total. The van der Waals surface area contributed by atoms with Gasteiger partial charge in [0.05, 0.1) is 11.6 Å². The molecule has 0 unspecified atom stereocenters. The fourth-order valence-electron chi connectivity index (χ4n) is 1.61. The standard InChI is InChI=1S/C14H13N3O/c1-9-6-11(8-15)7-14(17-9)18-13-5-3-4-12(16)10(13)2/h3-7H,16H2,1-2H3. The summed E-state index contributed by atoms with van der Waals surface area (Å²) in [4.78, 5) is 4.23. The number of hydrogen-bond donors (Lipinski definition) is 1. The Kier molecular flexibility index (Phi) is 3.16. The number of anilines is 1. The minimum atomic E-state index is 0.403. The van der Waals surface area contributed by atoms with Gasteiger partial charge in [-0.25, -0.2) is 4.98 Å². The molecule has 0 fully saturated rings. The maximum atomic E-state index is 8.90. The fraction of sp³-hybridized carbons (Fsp3) is 0.143. The van der Waals surface area contributed by atoms with E-state index >= 15 is 0 Å². The van der Waals surface area contributed by atoms with Gasteiger partial charge < -0.3 is 10.5 Å². The highest BCUT2D eigenvalue weighted by atomic mass is 16.5. The first kappa shape index (κ1) is 11.9. The Morgan fingerprint density at radius 2 is 2.06 bits per heavy atom. The highest BCUT2D eigenvalue weighted by Gasteiger charge is 2.06. The summed E-state index contributed by atoms with van der Waals surface area (Å²) in [5, 5.41) is 8.90. The van der Waals surface area contributed by atoms with E-state index in [4.69, 9.17) is 15.7 Å². The van der Waals surface area contributed by atoms with Crippen molar-refractivity contribution in [2.24, 2.45) is 0 Å². The van der Waals surface area contributed by atoms with Gasteiger partial charge in [-0.3, -0.25) is 0 Å². The largest absolute Gasteiger partial charge is 0.439 e. The van der Waals surface area contributed by atoms with E-state index in [2.05, 4.69) is 11.1 Å². The molecule has 0 aliphatic rings. The highest BCUT2D eigenvalue weighted by Crippen LogP contribution is 2.27. The monoisotopic (exact) mass is 239 g/mol. The maximum absolute atomic E-state index is 8.90. The van der Waals surface area contributed by atoms with E-state index < -0.39 is 0 Å². The van der Waals surface area contributed by atoms with Crippen LogP contribution in [0.15, 0.2) is 30.3 Å². The van der Waals surface area contributed by atoms with Crippen molar-refractivity contribution < 1.29 is 4.74 Å². The van der Waals surface area contributed by atoms with Crippen molar-refractivity contribution in [2.45, 2.75) is 13.8 Å². The zero-order valence-corrected chi connectivity index (χ0v) is 10.3.